The van der Waals surface area contributed by atoms with Crippen molar-refractivity contribution in [2.75, 3.05) is 46.9 Å². The van der Waals surface area contributed by atoms with Gasteiger partial charge in [-0.05, 0) is 31.7 Å². The van der Waals surface area contributed by atoms with Crippen LogP contribution < -0.4 is 10.1 Å². The number of amides is 1. The van der Waals surface area contributed by atoms with Gasteiger partial charge >= 0.3 is 0 Å². The number of hydrogen-bond donors (Lipinski definition) is 1. The molecule has 1 aromatic rings. The van der Waals surface area contributed by atoms with Gasteiger partial charge in [-0.15, -0.1) is 0 Å². The fraction of sp³-hybridized carbons (Fsp3) is 0.562. The highest BCUT2D eigenvalue weighted by Gasteiger charge is 2.19. The van der Waals surface area contributed by atoms with Crippen LogP contribution in [0.25, 0.3) is 0 Å². The maximum Gasteiger partial charge on any atom is 0.236 e. The van der Waals surface area contributed by atoms with Crippen molar-refractivity contribution in [2.24, 2.45) is 0 Å². The summed E-state index contributed by atoms with van der Waals surface area (Å²) in [6, 6.07) is 8.08. The molecule has 0 spiro atoms. The third-order valence-corrected chi connectivity index (χ3v) is 4.03. The Morgan fingerprint density at radius 2 is 1.86 bits per heavy atom. The Bertz CT molecular complexity index is 453. The number of piperazine rings is 1. The number of nitrogens with zero attached hydrogens (tertiary/aromatic N) is 2. The van der Waals surface area contributed by atoms with Crippen molar-refractivity contribution in [1.82, 2.24) is 15.1 Å². The molecule has 0 saturated carbocycles. The van der Waals surface area contributed by atoms with E-state index >= 15 is 0 Å². The highest BCUT2D eigenvalue weighted by Crippen LogP contribution is 2.17. The summed E-state index contributed by atoms with van der Waals surface area (Å²) in [5.74, 6) is 1.03. The van der Waals surface area contributed by atoms with E-state index in [9.17, 15) is 4.79 Å². The zero-order valence-corrected chi connectivity index (χ0v) is 13.1. The third-order valence-electron chi connectivity index (χ3n) is 4.03. The van der Waals surface area contributed by atoms with E-state index in [0.717, 1.165) is 37.5 Å². The Balaban J connectivity index is 1.79. The molecule has 0 bridgehead atoms. The van der Waals surface area contributed by atoms with Crippen LogP contribution in [0.5, 0.6) is 5.75 Å². The van der Waals surface area contributed by atoms with E-state index in [1.807, 2.05) is 29.2 Å². The normalized spacial score (nSPS) is 17.6. The number of methoxy groups -OCH3 is 1. The molecule has 21 heavy (non-hydrogen) atoms. The van der Waals surface area contributed by atoms with Crippen LogP contribution in [0.3, 0.4) is 0 Å². The maximum absolute atomic E-state index is 12.2. The summed E-state index contributed by atoms with van der Waals surface area (Å²) in [6.07, 6.45) is 0. The smallest absolute Gasteiger partial charge is 0.236 e. The van der Waals surface area contributed by atoms with Gasteiger partial charge in [0.15, 0.2) is 0 Å². The Hall–Kier alpha value is -1.59. The second-order valence-electron chi connectivity index (χ2n) is 5.56. The summed E-state index contributed by atoms with van der Waals surface area (Å²) in [4.78, 5) is 16.4. The molecule has 0 radical (unpaired) electrons. The molecule has 1 amide bonds. The van der Waals surface area contributed by atoms with E-state index in [4.69, 9.17) is 4.74 Å². The van der Waals surface area contributed by atoms with Crippen LogP contribution in [-0.2, 0) is 4.79 Å². The fourth-order valence-electron chi connectivity index (χ4n) is 2.42. The molecule has 1 aromatic carbocycles. The molecular formula is C16H25N3O2. The lowest BCUT2D eigenvalue weighted by Crippen LogP contribution is -2.49. The van der Waals surface area contributed by atoms with Gasteiger partial charge < -0.3 is 19.9 Å². The van der Waals surface area contributed by atoms with Gasteiger partial charge in [0.2, 0.25) is 5.91 Å². The summed E-state index contributed by atoms with van der Waals surface area (Å²) in [5, 5.41) is 3.30. The van der Waals surface area contributed by atoms with E-state index in [1.165, 1.54) is 0 Å². The first-order valence-corrected chi connectivity index (χ1v) is 7.44. The van der Waals surface area contributed by atoms with E-state index in [0.29, 0.717) is 6.54 Å². The summed E-state index contributed by atoms with van der Waals surface area (Å²) in [7, 11) is 3.75. The predicted octanol–water partition coefficient (Wildman–Crippen LogP) is 1.12. The second-order valence-corrected chi connectivity index (χ2v) is 5.56. The lowest BCUT2D eigenvalue weighted by Gasteiger charge is -2.32. The second kappa shape index (κ2) is 7.43. The number of likely N-dealkylation sites (N-methyl/N-ethyl adjacent to an activating group) is 1. The van der Waals surface area contributed by atoms with Crippen LogP contribution in [0, 0.1) is 0 Å². The molecule has 5 nitrogen and oxygen atoms in total. The summed E-state index contributed by atoms with van der Waals surface area (Å²) in [6.45, 7) is 6.03. The minimum atomic E-state index is 0.146. The van der Waals surface area contributed by atoms with Crippen molar-refractivity contribution in [3.8, 4) is 5.75 Å². The summed E-state index contributed by atoms with van der Waals surface area (Å²) in [5.41, 5.74) is 1.15. The number of nitrogens with one attached hydrogen (secondary N) is 1. The molecule has 0 aliphatic carbocycles. The lowest BCUT2D eigenvalue weighted by molar-refractivity contribution is -0.131. The Morgan fingerprint density at radius 1 is 1.24 bits per heavy atom. The monoisotopic (exact) mass is 291 g/mol. The fourth-order valence-corrected chi connectivity index (χ4v) is 2.42. The van der Waals surface area contributed by atoms with Crippen LogP contribution in [0.4, 0.5) is 0 Å². The summed E-state index contributed by atoms with van der Waals surface area (Å²) < 4.78 is 5.15. The Labute approximate surface area is 126 Å². The molecule has 2 rings (SSSR count). The van der Waals surface area contributed by atoms with Crippen molar-refractivity contribution in [3.63, 3.8) is 0 Å². The molecule has 1 aliphatic heterocycles. The van der Waals surface area contributed by atoms with E-state index in [-0.39, 0.29) is 11.9 Å². The van der Waals surface area contributed by atoms with Gasteiger partial charge in [-0.2, -0.15) is 0 Å². The minimum absolute atomic E-state index is 0.146. The van der Waals surface area contributed by atoms with Crippen molar-refractivity contribution in [1.29, 1.82) is 0 Å². The van der Waals surface area contributed by atoms with Crippen LogP contribution in [0.15, 0.2) is 24.3 Å². The largest absolute Gasteiger partial charge is 0.497 e. The summed E-state index contributed by atoms with van der Waals surface area (Å²) >= 11 is 0. The maximum atomic E-state index is 12.2. The average Bonchev–Trinajstić information content (AvgIpc) is 2.53. The minimum Gasteiger partial charge on any atom is -0.497 e. The van der Waals surface area contributed by atoms with E-state index < -0.39 is 0 Å². The van der Waals surface area contributed by atoms with Crippen molar-refractivity contribution < 1.29 is 9.53 Å². The van der Waals surface area contributed by atoms with Crippen LogP contribution in [-0.4, -0.2) is 62.6 Å². The number of ether oxygens (including phenoxy) is 1. The first kappa shape index (κ1) is 15.8. The van der Waals surface area contributed by atoms with Crippen molar-refractivity contribution in [2.45, 2.75) is 13.0 Å². The predicted molar refractivity (Wildman–Crippen MR) is 83.5 cm³/mol. The first-order chi connectivity index (χ1) is 10.1. The number of carbonyl (C=O) groups is 1. The molecule has 1 heterocycles. The quantitative estimate of drug-likeness (QED) is 0.883. The molecule has 1 N–H and O–H groups in total. The molecule has 1 aliphatic rings. The SMILES string of the molecule is COc1ccc([C@H](C)NCC(=O)N2CCN(C)CC2)cc1. The van der Waals surface area contributed by atoms with Gasteiger partial charge in [0.05, 0.1) is 13.7 Å². The van der Waals surface area contributed by atoms with Gasteiger partial charge in [-0.1, -0.05) is 12.1 Å². The highest BCUT2D eigenvalue weighted by molar-refractivity contribution is 5.78. The highest BCUT2D eigenvalue weighted by atomic mass is 16.5. The van der Waals surface area contributed by atoms with Gasteiger partial charge in [0.1, 0.15) is 5.75 Å². The molecule has 1 saturated heterocycles. The Kier molecular flexibility index (Phi) is 5.59. The molecule has 0 aromatic heterocycles. The molecule has 1 fully saturated rings. The standard InChI is InChI=1S/C16H25N3O2/c1-13(14-4-6-15(21-3)7-5-14)17-12-16(20)19-10-8-18(2)9-11-19/h4-7,13,17H,8-12H2,1-3H3/t13-/m0/s1. The molecule has 116 valence electrons. The van der Waals surface area contributed by atoms with Gasteiger partial charge in [-0.25, -0.2) is 0 Å². The lowest BCUT2D eigenvalue weighted by atomic mass is 10.1. The van der Waals surface area contributed by atoms with E-state index in [2.05, 4.69) is 24.2 Å². The third kappa shape index (κ3) is 4.44. The van der Waals surface area contributed by atoms with Crippen LogP contribution in [0.1, 0.15) is 18.5 Å². The molecule has 0 unspecified atom stereocenters. The van der Waals surface area contributed by atoms with Crippen molar-refractivity contribution >= 4 is 5.91 Å². The van der Waals surface area contributed by atoms with Gasteiger partial charge in [-0.3, -0.25) is 4.79 Å². The molecule has 5 heteroatoms. The number of benzene rings is 1. The number of rotatable bonds is 5. The van der Waals surface area contributed by atoms with Crippen LogP contribution in [0.2, 0.25) is 0 Å². The zero-order chi connectivity index (χ0) is 15.2. The first-order valence-electron chi connectivity index (χ1n) is 7.44. The van der Waals surface area contributed by atoms with Gasteiger partial charge in [0.25, 0.3) is 0 Å². The molecular weight excluding hydrogens is 266 g/mol. The van der Waals surface area contributed by atoms with E-state index in [1.54, 1.807) is 7.11 Å². The zero-order valence-electron chi connectivity index (χ0n) is 13.1. The number of hydrogen-bond acceptors (Lipinski definition) is 4. The number of carbonyl (C=O) groups excluding carboxylic acids is 1. The molecule has 1 atom stereocenters. The average molecular weight is 291 g/mol. The topological polar surface area (TPSA) is 44.8 Å². The Morgan fingerprint density at radius 3 is 2.43 bits per heavy atom. The van der Waals surface area contributed by atoms with Crippen LogP contribution >= 0.6 is 0 Å². The van der Waals surface area contributed by atoms with Crippen molar-refractivity contribution in [3.05, 3.63) is 29.8 Å². The van der Waals surface area contributed by atoms with Gasteiger partial charge in [0, 0.05) is 32.2 Å².